The van der Waals surface area contributed by atoms with Gasteiger partial charge in [0.25, 0.3) is 0 Å². The third-order valence-corrected chi connectivity index (χ3v) is 3.13. The van der Waals surface area contributed by atoms with E-state index in [1.165, 1.54) is 0 Å². The van der Waals surface area contributed by atoms with E-state index in [1.54, 1.807) is 0 Å². The molecule has 0 bridgehead atoms. The highest BCUT2D eigenvalue weighted by molar-refractivity contribution is 7.49. The summed E-state index contributed by atoms with van der Waals surface area (Å²) in [5, 5.41) is 17.1. The number of hydrogen-bond donors (Lipinski definition) is 2. The van der Waals surface area contributed by atoms with Crippen molar-refractivity contribution in [3.05, 3.63) is 0 Å². The quantitative estimate of drug-likeness (QED) is 0.399. The zero-order valence-corrected chi connectivity index (χ0v) is 8.85. The van der Waals surface area contributed by atoms with Crippen molar-refractivity contribution in [1.29, 1.82) is 0 Å². The van der Waals surface area contributed by atoms with E-state index in [0.29, 0.717) is 6.61 Å². The number of aliphatic hydroxyl groups excluding tert-OH is 1. The smallest absolute Gasteiger partial charge is 0.368 e. The van der Waals surface area contributed by atoms with Gasteiger partial charge in [-0.05, 0) is 6.42 Å². The first-order valence-electron chi connectivity index (χ1n) is 4.53. The summed E-state index contributed by atoms with van der Waals surface area (Å²) in [6.07, 6.45) is -0.768. The molecule has 1 rings (SSSR count). The molecule has 2 N–H and O–H groups in total. The molecular formula is C7H15O6P. The first kappa shape index (κ1) is 12.1. The average Bonchev–Trinajstić information content (AvgIpc) is 2.01. The Morgan fingerprint density at radius 1 is 1.50 bits per heavy atom. The van der Waals surface area contributed by atoms with Crippen LogP contribution in [0, 0.1) is 0 Å². The zero-order chi connectivity index (χ0) is 10.6. The van der Waals surface area contributed by atoms with Crippen LogP contribution in [-0.2, 0) is 18.1 Å². The molecule has 0 radical (unpaired) electrons. The number of hydrogen-bond acceptors (Lipinski definition) is 6. The number of unbranched alkanes of at least 4 members (excludes halogenated alkanes) is 1. The molecule has 1 fully saturated rings. The standard InChI is InChI=1S/C7H15O6P/c1-2-3-4-11-14(10)12-7(13-14)5-6(8)9/h6-9H,2-5H2,1H3. The number of aliphatic hydroxyl groups is 2. The average molecular weight is 226 g/mol. The van der Waals surface area contributed by atoms with Crippen LogP contribution in [0.1, 0.15) is 26.2 Å². The fourth-order valence-corrected chi connectivity index (χ4v) is 2.17. The van der Waals surface area contributed by atoms with Crippen LogP contribution in [0.15, 0.2) is 0 Å². The Morgan fingerprint density at radius 2 is 2.14 bits per heavy atom. The molecule has 6 nitrogen and oxygen atoms in total. The number of phosphoric acid groups is 1. The second-order valence-corrected chi connectivity index (χ2v) is 4.56. The monoisotopic (exact) mass is 226 g/mol. The van der Waals surface area contributed by atoms with E-state index >= 15 is 0 Å². The highest BCUT2D eigenvalue weighted by atomic mass is 31.2. The maximum Gasteiger partial charge on any atom is 0.479 e. The molecular weight excluding hydrogens is 211 g/mol. The van der Waals surface area contributed by atoms with Gasteiger partial charge in [0, 0.05) is 0 Å². The predicted molar refractivity (Wildman–Crippen MR) is 47.3 cm³/mol. The zero-order valence-electron chi connectivity index (χ0n) is 7.96. The molecule has 0 aromatic carbocycles. The molecule has 0 aliphatic carbocycles. The van der Waals surface area contributed by atoms with Crippen molar-refractivity contribution in [2.45, 2.75) is 38.8 Å². The van der Waals surface area contributed by atoms with Gasteiger partial charge >= 0.3 is 7.82 Å². The van der Waals surface area contributed by atoms with Crippen LogP contribution in [0.5, 0.6) is 0 Å². The fourth-order valence-electron chi connectivity index (χ4n) is 0.936. The first-order valence-corrected chi connectivity index (χ1v) is 5.99. The number of phosphoric ester groups is 1. The van der Waals surface area contributed by atoms with Gasteiger partial charge in [-0.1, -0.05) is 13.3 Å². The minimum absolute atomic E-state index is 0.124. The third-order valence-electron chi connectivity index (χ3n) is 1.64. The summed E-state index contributed by atoms with van der Waals surface area (Å²) in [6.45, 7) is 2.30. The lowest BCUT2D eigenvalue weighted by atomic mass is 10.4. The van der Waals surface area contributed by atoms with E-state index in [4.69, 9.17) is 23.8 Å². The van der Waals surface area contributed by atoms with Crippen molar-refractivity contribution >= 4 is 7.82 Å². The van der Waals surface area contributed by atoms with Crippen molar-refractivity contribution < 1.29 is 28.3 Å². The third kappa shape index (κ3) is 3.65. The van der Waals surface area contributed by atoms with Crippen LogP contribution in [0.25, 0.3) is 0 Å². The summed E-state index contributed by atoms with van der Waals surface area (Å²) in [4.78, 5) is 0. The van der Waals surface area contributed by atoms with Crippen LogP contribution in [-0.4, -0.2) is 29.4 Å². The Kier molecular flexibility index (Phi) is 4.50. The van der Waals surface area contributed by atoms with E-state index in [0.717, 1.165) is 12.8 Å². The fraction of sp³-hybridized carbons (Fsp3) is 1.00. The molecule has 7 heteroatoms. The Hall–Kier alpha value is 0.0300. The summed E-state index contributed by atoms with van der Waals surface area (Å²) in [6, 6.07) is 0. The summed E-state index contributed by atoms with van der Waals surface area (Å²) < 4.78 is 25.7. The minimum Gasteiger partial charge on any atom is -0.368 e. The van der Waals surface area contributed by atoms with Gasteiger partial charge < -0.3 is 10.2 Å². The van der Waals surface area contributed by atoms with Crippen LogP contribution in [0.2, 0.25) is 0 Å². The SMILES string of the molecule is CCCCOP1(=O)OC(CC(O)O)O1. The maximum atomic E-state index is 11.3. The molecule has 1 aliphatic heterocycles. The van der Waals surface area contributed by atoms with Gasteiger partial charge in [-0.2, -0.15) is 0 Å². The van der Waals surface area contributed by atoms with E-state index in [9.17, 15) is 4.57 Å². The second kappa shape index (κ2) is 5.21. The van der Waals surface area contributed by atoms with Crippen LogP contribution in [0.4, 0.5) is 0 Å². The Balaban J connectivity index is 2.14. The van der Waals surface area contributed by atoms with E-state index in [1.807, 2.05) is 6.92 Å². The molecule has 84 valence electrons. The molecule has 0 atom stereocenters. The summed E-state index contributed by atoms with van der Waals surface area (Å²) in [5.41, 5.74) is 0. The van der Waals surface area contributed by atoms with Crippen molar-refractivity contribution in [2.24, 2.45) is 0 Å². The summed E-state index contributed by atoms with van der Waals surface area (Å²) in [7, 11) is -3.36. The lowest BCUT2D eigenvalue weighted by Crippen LogP contribution is -2.30. The molecule has 0 aromatic heterocycles. The van der Waals surface area contributed by atoms with Gasteiger partial charge in [0.15, 0.2) is 12.6 Å². The molecule has 0 amide bonds. The molecule has 14 heavy (non-hydrogen) atoms. The Bertz CT molecular complexity index is 208. The lowest BCUT2D eigenvalue weighted by molar-refractivity contribution is -0.171. The van der Waals surface area contributed by atoms with Gasteiger partial charge in [-0.25, -0.2) is 4.57 Å². The minimum atomic E-state index is -3.36. The van der Waals surface area contributed by atoms with Gasteiger partial charge in [0.05, 0.1) is 13.0 Å². The molecule has 0 unspecified atom stereocenters. The van der Waals surface area contributed by atoms with Gasteiger partial charge in [-0.3, -0.25) is 13.6 Å². The Labute approximate surface area is 82.4 Å². The molecule has 1 heterocycles. The number of rotatable bonds is 6. The Morgan fingerprint density at radius 3 is 2.64 bits per heavy atom. The van der Waals surface area contributed by atoms with Crippen molar-refractivity contribution in [3.8, 4) is 0 Å². The topological polar surface area (TPSA) is 85.2 Å². The van der Waals surface area contributed by atoms with Crippen molar-refractivity contribution in [2.75, 3.05) is 6.61 Å². The van der Waals surface area contributed by atoms with Crippen LogP contribution >= 0.6 is 7.82 Å². The largest absolute Gasteiger partial charge is 0.479 e. The van der Waals surface area contributed by atoms with Crippen molar-refractivity contribution in [1.82, 2.24) is 0 Å². The lowest BCUT2D eigenvalue weighted by Gasteiger charge is -2.33. The van der Waals surface area contributed by atoms with E-state index < -0.39 is 20.4 Å². The highest BCUT2D eigenvalue weighted by Crippen LogP contribution is 2.61. The molecule has 0 saturated carbocycles. The van der Waals surface area contributed by atoms with E-state index in [2.05, 4.69) is 0 Å². The van der Waals surface area contributed by atoms with Crippen LogP contribution in [0.3, 0.4) is 0 Å². The maximum absolute atomic E-state index is 11.3. The summed E-state index contributed by atoms with van der Waals surface area (Å²) in [5.74, 6) is 0. The molecule has 0 aromatic rings. The second-order valence-electron chi connectivity index (χ2n) is 2.99. The van der Waals surface area contributed by atoms with Crippen LogP contribution < -0.4 is 0 Å². The molecule has 1 saturated heterocycles. The first-order chi connectivity index (χ1) is 6.56. The normalized spacial score (nSPS) is 31.9. The highest BCUT2D eigenvalue weighted by Gasteiger charge is 2.45. The van der Waals surface area contributed by atoms with Gasteiger partial charge in [0.1, 0.15) is 0 Å². The van der Waals surface area contributed by atoms with Gasteiger partial charge in [0.2, 0.25) is 0 Å². The molecule has 0 spiro atoms. The predicted octanol–water partition coefficient (Wildman–Crippen LogP) is 0.985. The molecule has 1 aliphatic rings. The van der Waals surface area contributed by atoms with E-state index in [-0.39, 0.29) is 6.42 Å². The van der Waals surface area contributed by atoms with Gasteiger partial charge in [-0.15, -0.1) is 0 Å². The summed E-state index contributed by atoms with van der Waals surface area (Å²) >= 11 is 0. The van der Waals surface area contributed by atoms with Crippen molar-refractivity contribution in [3.63, 3.8) is 0 Å².